The monoisotopic (exact) mass is 363 g/mol. The Morgan fingerprint density at radius 3 is 2.85 bits per heavy atom. The SMILES string of the molecule is CCN(CC)C(=O)CC[C@H]1CC[C@]2(CCCN(C(=O)c3ccno3)C2)O1. The van der Waals surface area contributed by atoms with Crippen molar-refractivity contribution in [3.63, 3.8) is 0 Å². The molecule has 2 amide bonds. The van der Waals surface area contributed by atoms with Crippen LogP contribution in [0.25, 0.3) is 0 Å². The van der Waals surface area contributed by atoms with Crippen LogP contribution >= 0.6 is 0 Å². The Kier molecular flexibility index (Phi) is 5.96. The highest BCUT2D eigenvalue weighted by Crippen LogP contribution is 2.39. The van der Waals surface area contributed by atoms with Gasteiger partial charge in [0.15, 0.2) is 0 Å². The van der Waals surface area contributed by atoms with E-state index in [4.69, 9.17) is 9.26 Å². The summed E-state index contributed by atoms with van der Waals surface area (Å²) in [6.45, 7) is 6.82. The van der Waals surface area contributed by atoms with Crippen molar-refractivity contribution in [2.75, 3.05) is 26.2 Å². The summed E-state index contributed by atoms with van der Waals surface area (Å²) < 4.78 is 11.4. The van der Waals surface area contributed by atoms with Crippen LogP contribution in [-0.4, -0.2) is 64.7 Å². The first-order chi connectivity index (χ1) is 12.6. The van der Waals surface area contributed by atoms with Crippen molar-refractivity contribution in [2.24, 2.45) is 0 Å². The van der Waals surface area contributed by atoms with Crippen LogP contribution in [0.5, 0.6) is 0 Å². The molecule has 0 unspecified atom stereocenters. The summed E-state index contributed by atoms with van der Waals surface area (Å²) in [7, 11) is 0. The van der Waals surface area contributed by atoms with Gasteiger partial charge in [-0.1, -0.05) is 5.16 Å². The summed E-state index contributed by atoms with van der Waals surface area (Å²) in [5, 5.41) is 3.62. The molecule has 1 spiro atoms. The van der Waals surface area contributed by atoms with E-state index in [2.05, 4.69) is 5.16 Å². The van der Waals surface area contributed by atoms with Gasteiger partial charge in [-0.2, -0.15) is 0 Å². The fraction of sp³-hybridized carbons (Fsp3) is 0.737. The summed E-state index contributed by atoms with van der Waals surface area (Å²) in [5.41, 5.74) is -0.267. The molecule has 0 saturated carbocycles. The molecular formula is C19H29N3O4. The van der Waals surface area contributed by atoms with Gasteiger partial charge in [0, 0.05) is 32.1 Å². The molecule has 3 heterocycles. The first-order valence-electron chi connectivity index (χ1n) is 9.72. The third-order valence-electron chi connectivity index (χ3n) is 5.61. The molecule has 2 aliphatic heterocycles. The van der Waals surface area contributed by atoms with E-state index in [9.17, 15) is 9.59 Å². The minimum atomic E-state index is -0.267. The molecule has 2 aliphatic rings. The Labute approximate surface area is 154 Å². The van der Waals surface area contributed by atoms with Crippen LogP contribution in [0.15, 0.2) is 16.8 Å². The van der Waals surface area contributed by atoms with Crippen molar-refractivity contribution in [3.8, 4) is 0 Å². The molecule has 144 valence electrons. The van der Waals surface area contributed by atoms with Gasteiger partial charge >= 0.3 is 0 Å². The summed E-state index contributed by atoms with van der Waals surface area (Å²) in [4.78, 5) is 28.4. The molecule has 2 atom stereocenters. The molecule has 0 aromatic carbocycles. The lowest BCUT2D eigenvalue weighted by Crippen LogP contribution is -2.50. The van der Waals surface area contributed by atoms with Crippen molar-refractivity contribution in [2.45, 2.75) is 64.1 Å². The van der Waals surface area contributed by atoms with Gasteiger partial charge in [0.25, 0.3) is 5.91 Å². The molecule has 2 fully saturated rings. The number of hydrogen-bond donors (Lipinski definition) is 0. The lowest BCUT2D eigenvalue weighted by Gasteiger charge is -2.39. The third-order valence-corrected chi connectivity index (χ3v) is 5.61. The zero-order valence-electron chi connectivity index (χ0n) is 15.8. The summed E-state index contributed by atoms with van der Waals surface area (Å²) >= 11 is 0. The molecule has 7 heteroatoms. The van der Waals surface area contributed by atoms with Crippen molar-refractivity contribution < 1.29 is 18.8 Å². The highest BCUT2D eigenvalue weighted by atomic mass is 16.5. The van der Waals surface area contributed by atoms with Gasteiger partial charge in [-0.15, -0.1) is 0 Å². The molecule has 3 rings (SSSR count). The first kappa shape index (κ1) is 18.9. The predicted octanol–water partition coefficient (Wildman–Crippen LogP) is 2.48. The average Bonchev–Trinajstić information content (AvgIpc) is 3.31. The van der Waals surface area contributed by atoms with E-state index in [1.54, 1.807) is 6.07 Å². The number of piperidine rings is 1. The second kappa shape index (κ2) is 8.20. The molecule has 26 heavy (non-hydrogen) atoms. The number of hydrogen-bond acceptors (Lipinski definition) is 5. The molecule has 0 bridgehead atoms. The minimum absolute atomic E-state index is 0.106. The number of carbonyl (C=O) groups is 2. The summed E-state index contributed by atoms with van der Waals surface area (Å²) in [6.07, 6.45) is 6.67. The van der Waals surface area contributed by atoms with Crippen LogP contribution in [0, 0.1) is 0 Å². The van der Waals surface area contributed by atoms with Crippen LogP contribution in [-0.2, 0) is 9.53 Å². The van der Waals surface area contributed by atoms with E-state index < -0.39 is 0 Å². The van der Waals surface area contributed by atoms with Gasteiger partial charge in [0.1, 0.15) is 0 Å². The number of carbonyl (C=O) groups excluding carboxylic acids is 2. The van der Waals surface area contributed by atoms with Crippen LogP contribution in [0.2, 0.25) is 0 Å². The van der Waals surface area contributed by atoms with Crippen LogP contribution < -0.4 is 0 Å². The second-order valence-electron chi connectivity index (χ2n) is 7.27. The van der Waals surface area contributed by atoms with E-state index in [0.29, 0.717) is 13.0 Å². The van der Waals surface area contributed by atoms with Crippen molar-refractivity contribution in [1.29, 1.82) is 0 Å². The van der Waals surface area contributed by atoms with E-state index in [1.807, 2.05) is 23.6 Å². The van der Waals surface area contributed by atoms with Crippen molar-refractivity contribution >= 4 is 11.8 Å². The number of aromatic nitrogens is 1. The maximum atomic E-state index is 12.5. The first-order valence-corrected chi connectivity index (χ1v) is 9.72. The van der Waals surface area contributed by atoms with E-state index >= 15 is 0 Å². The average molecular weight is 363 g/mol. The van der Waals surface area contributed by atoms with Gasteiger partial charge in [0.2, 0.25) is 11.7 Å². The molecule has 0 radical (unpaired) electrons. The maximum Gasteiger partial charge on any atom is 0.292 e. The highest BCUT2D eigenvalue weighted by molar-refractivity contribution is 5.91. The smallest absolute Gasteiger partial charge is 0.292 e. The Hall–Kier alpha value is -1.89. The van der Waals surface area contributed by atoms with Gasteiger partial charge in [-0.3, -0.25) is 9.59 Å². The Morgan fingerprint density at radius 2 is 2.15 bits per heavy atom. The standard InChI is InChI=1S/C19H29N3O4/c1-3-21(4-2)17(23)7-6-15-8-11-19(25-15)10-5-13-22(14-19)18(24)16-9-12-20-26-16/h9,12,15H,3-8,10-11,13-14H2,1-2H3/t15-,19-/m0/s1. The number of likely N-dealkylation sites (tertiary alicyclic amines) is 1. The minimum Gasteiger partial charge on any atom is -0.370 e. The zero-order valence-corrected chi connectivity index (χ0v) is 15.8. The molecule has 2 saturated heterocycles. The Balaban J connectivity index is 1.53. The number of ether oxygens (including phenoxy) is 1. The van der Waals surface area contributed by atoms with Crippen molar-refractivity contribution in [1.82, 2.24) is 15.0 Å². The van der Waals surface area contributed by atoms with E-state index in [0.717, 1.165) is 51.7 Å². The Bertz CT molecular complexity index is 614. The normalized spacial score (nSPS) is 25.6. The van der Waals surface area contributed by atoms with Crippen LogP contribution in [0.4, 0.5) is 0 Å². The number of amides is 2. The van der Waals surface area contributed by atoms with E-state index in [-0.39, 0.29) is 29.3 Å². The number of nitrogens with zero attached hydrogens (tertiary/aromatic N) is 3. The lowest BCUT2D eigenvalue weighted by molar-refractivity contribution is -0.132. The summed E-state index contributed by atoms with van der Waals surface area (Å²) in [5.74, 6) is 0.358. The Morgan fingerprint density at radius 1 is 1.35 bits per heavy atom. The zero-order chi connectivity index (χ0) is 18.6. The third kappa shape index (κ3) is 4.09. The molecular weight excluding hydrogens is 334 g/mol. The maximum absolute atomic E-state index is 12.5. The highest BCUT2D eigenvalue weighted by Gasteiger charge is 2.44. The van der Waals surface area contributed by atoms with Crippen molar-refractivity contribution in [3.05, 3.63) is 18.0 Å². The van der Waals surface area contributed by atoms with Gasteiger partial charge in [-0.25, -0.2) is 0 Å². The van der Waals surface area contributed by atoms with Gasteiger partial charge in [0.05, 0.1) is 24.4 Å². The molecule has 1 aromatic rings. The van der Waals surface area contributed by atoms with E-state index in [1.165, 1.54) is 6.20 Å². The van der Waals surface area contributed by atoms with Gasteiger partial charge in [-0.05, 0) is 46.0 Å². The lowest BCUT2D eigenvalue weighted by atomic mass is 9.89. The molecule has 0 aliphatic carbocycles. The quantitative estimate of drug-likeness (QED) is 0.776. The largest absolute Gasteiger partial charge is 0.370 e. The van der Waals surface area contributed by atoms with Crippen LogP contribution in [0.3, 0.4) is 0 Å². The fourth-order valence-corrected chi connectivity index (χ4v) is 4.17. The molecule has 7 nitrogen and oxygen atoms in total. The molecule has 0 N–H and O–H groups in total. The van der Waals surface area contributed by atoms with Gasteiger partial charge < -0.3 is 19.1 Å². The van der Waals surface area contributed by atoms with Crippen LogP contribution in [0.1, 0.15) is 62.9 Å². The topological polar surface area (TPSA) is 75.9 Å². The second-order valence-corrected chi connectivity index (χ2v) is 7.27. The number of rotatable bonds is 6. The molecule has 1 aromatic heterocycles. The summed E-state index contributed by atoms with van der Waals surface area (Å²) in [6, 6.07) is 1.60. The fourth-order valence-electron chi connectivity index (χ4n) is 4.17. The predicted molar refractivity (Wildman–Crippen MR) is 95.6 cm³/mol.